The predicted octanol–water partition coefficient (Wildman–Crippen LogP) is 4.20. The lowest BCUT2D eigenvalue weighted by atomic mass is 9.91. The van der Waals surface area contributed by atoms with Gasteiger partial charge in [-0.1, -0.05) is 12.1 Å². The second-order valence-corrected chi connectivity index (χ2v) is 8.02. The molecule has 4 rings (SSSR count). The van der Waals surface area contributed by atoms with Crippen molar-refractivity contribution in [1.29, 1.82) is 0 Å². The molecule has 33 heavy (non-hydrogen) atoms. The molecular weight excluding hydrogens is 438 g/mol. The van der Waals surface area contributed by atoms with Crippen LogP contribution in [0.15, 0.2) is 55.0 Å². The van der Waals surface area contributed by atoms with Gasteiger partial charge in [0.15, 0.2) is 11.6 Å². The molecule has 1 amide bonds. The summed E-state index contributed by atoms with van der Waals surface area (Å²) in [5.41, 5.74) is 2.46. The zero-order valence-electron chi connectivity index (χ0n) is 17.7. The van der Waals surface area contributed by atoms with Gasteiger partial charge in [0, 0.05) is 42.1 Å². The summed E-state index contributed by atoms with van der Waals surface area (Å²) in [6.07, 6.45) is -0.691. The monoisotopic (exact) mass is 459 g/mol. The van der Waals surface area contributed by atoms with Crippen LogP contribution in [-0.2, 0) is 4.79 Å². The van der Waals surface area contributed by atoms with Crippen LogP contribution in [0.25, 0.3) is 11.4 Å². The minimum atomic E-state index is -4.36. The lowest BCUT2D eigenvalue weighted by molar-refractivity contribution is -0.144. The van der Waals surface area contributed by atoms with Crippen LogP contribution in [0.3, 0.4) is 0 Å². The second-order valence-electron chi connectivity index (χ2n) is 8.02. The maximum atomic E-state index is 13.2. The summed E-state index contributed by atoms with van der Waals surface area (Å²) in [6, 6.07) is 10.3. The van der Waals surface area contributed by atoms with Crippen LogP contribution in [-0.4, -0.2) is 51.6 Å². The molecule has 3 aromatic rings. The number of rotatable bonds is 5. The molecule has 1 fully saturated rings. The summed E-state index contributed by atoms with van der Waals surface area (Å²) in [6.45, 7) is 0.789. The predicted molar refractivity (Wildman–Crippen MR) is 114 cm³/mol. The van der Waals surface area contributed by atoms with E-state index in [2.05, 4.69) is 20.3 Å². The van der Waals surface area contributed by atoms with Crippen LogP contribution in [0.1, 0.15) is 17.2 Å². The molecule has 2 atom stereocenters. The third-order valence-corrected chi connectivity index (χ3v) is 5.57. The van der Waals surface area contributed by atoms with Crippen molar-refractivity contribution in [3.63, 3.8) is 0 Å². The van der Waals surface area contributed by atoms with Gasteiger partial charge >= 0.3 is 6.18 Å². The Morgan fingerprint density at radius 3 is 2.55 bits per heavy atom. The molecule has 0 aliphatic carbocycles. The average molecular weight is 459 g/mol. The first-order chi connectivity index (χ1) is 15.7. The zero-order valence-corrected chi connectivity index (χ0v) is 17.7. The van der Waals surface area contributed by atoms with Gasteiger partial charge in [-0.3, -0.25) is 14.7 Å². The van der Waals surface area contributed by atoms with E-state index in [9.17, 15) is 22.4 Å². The van der Waals surface area contributed by atoms with E-state index < -0.39 is 36.3 Å². The third-order valence-electron chi connectivity index (χ3n) is 5.57. The van der Waals surface area contributed by atoms with Crippen molar-refractivity contribution >= 4 is 11.6 Å². The van der Waals surface area contributed by atoms with E-state index in [4.69, 9.17) is 0 Å². The van der Waals surface area contributed by atoms with Gasteiger partial charge in [-0.05, 0) is 36.8 Å². The maximum absolute atomic E-state index is 13.2. The number of amides is 1. The molecule has 1 aliphatic heterocycles. The Morgan fingerprint density at radius 1 is 1.12 bits per heavy atom. The molecular formula is C23H21F4N5O. The van der Waals surface area contributed by atoms with Gasteiger partial charge in [-0.15, -0.1) is 0 Å². The number of aromatic nitrogens is 3. The fourth-order valence-corrected chi connectivity index (χ4v) is 4.06. The van der Waals surface area contributed by atoms with Crippen molar-refractivity contribution in [3.8, 4) is 11.4 Å². The summed E-state index contributed by atoms with van der Waals surface area (Å²) in [4.78, 5) is 26.6. The van der Waals surface area contributed by atoms with Crippen LogP contribution >= 0.6 is 0 Å². The number of aryl methyl sites for hydroxylation is 1. The van der Waals surface area contributed by atoms with Crippen LogP contribution < -0.4 is 5.32 Å². The normalized spacial score (nSPS) is 18.9. The fraction of sp³-hybridized carbons (Fsp3) is 0.304. The van der Waals surface area contributed by atoms with Gasteiger partial charge in [0.05, 0.1) is 24.9 Å². The van der Waals surface area contributed by atoms with Crippen molar-refractivity contribution < 1.29 is 22.4 Å². The standard InChI is InChI=1S/C23H21F4N5O/c1-14-5-6-16(8-17(14)21-29-9-15(24)10-30-21)31-22(33)19-12-32(13-23(25,26)27)11-18(19)20-4-2-3-7-28-20/h2-10,18-19H,11-13H2,1H3,(H,31,33)/t18-,19+/m1/s1. The Bertz CT molecular complexity index is 1120. The van der Waals surface area contributed by atoms with Crippen molar-refractivity contribution in [2.75, 3.05) is 25.0 Å². The Labute approximate surface area is 187 Å². The molecule has 2 aromatic heterocycles. The number of carbonyl (C=O) groups excluding carboxylic acids is 1. The largest absolute Gasteiger partial charge is 0.401 e. The molecule has 1 aromatic carbocycles. The Balaban J connectivity index is 1.57. The zero-order chi connectivity index (χ0) is 23.6. The van der Waals surface area contributed by atoms with Crippen molar-refractivity contribution in [2.45, 2.75) is 19.0 Å². The number of hydrogen-bond acceptors (Lipinski definition) is 5. The Morgan fingerprint density at radius 2 is 1.88 bits per heavy atom. The molecule has 10 heteroatoms. The highest BCUT2D eigenvalue weighted by atomic mass is 19.4. The first-order valence-electron chi connectivity index (χ1n) is 10.3. The van der Waals surface area contributed by atoms with E-state index in [1.54, 1.807) is 42.6 Å². The molecule has 0 saturated carbocycles. The number of nitrogens with one attached hydrogen (secondary N) is 1. The first kappa shape index (κ1) is 22.8. The van der Waals surface area contributed by atoms with E-state index in [-0.39, 0.29) is 13.1 Å². The number of halogens is 4. The van der Waals surface area contributed by atoms with Crippen LogP contribution in [0.4, 0.5) is 23.2 Å². The Kier molecular flexibility index (Phi) is 6.37. The summed E-state index contributed by atoms with van der Waals surface area (Å²) >= 11 is 0. The summed E-state index contributed by atoms with van der Waals surface area (Å²) in [5.74, 6) is -1.85. The van der Waals surface area contributed by atoms with Crippen molar-refractivity contribution in [1.82, 2.24) is 19.9 Å². The Hall–Kier alpha value is -3.40. The smallest absolute Gasteiger partial charge is 0.326 e. The van der Waals surface area contributed by atoms with E-state index in [1.807, 2.05) is 6.92 Å². The van der Waals surface area contributed by atoms with Crippen LogP contribution in [0, 0.1) is 18.7 Å². The highest BCUT2D eigenvalue weighted by molar-refractivity contribution is 5.94. The molecule has 1 saturated heterocycles. The highest BCUT2D eigenvalue weighted by Crippen LogP contribution is 2.34. The summed E-state index contributed by atoms with van der Waals surface area (Å²) < 4.78 is 52.1. The minimum absolute atomic E-state index is 0.0353. The van der Waals surface area contributed by atoms with E-state index in [0.29, 0.717) is 22.8 Å². The summed E-state index contributed by atoms with van der Waals surface area (Å²) in [7, 11) is 0. The van der Waals surface area contributed by atoms with E-state index in [1.165, 1.54) is 4.90 Å². The van der Waals surface area contributed by atoms with E-state index in [0.717, 1.165) is 18.0 Å². The van der Waals surface area contributed by atoms with Gasteiger partial charge < -0.3 is 5.32 Å². The summed E-state index contributed by atoms with van der Waals surface area (Å²) in [5, 5.41) is 2.81. The molecule has 6 nitrogen and oxygen atoms in total. The third kappa shape index (κ3) is 5.51. The molecule has 1 N–H and O–H groups in total. The number of hydrogen-bond donors (Lipinski definition) is 1. The maximum Gasteiger partial charge on any atom is 0.401 e. The molecule has 172 valence electrons. The molecule has 0 spiro atoms. The van der Waals surface area contributed by atoms with Gasteiger partial charge in [-0.25, -0.2) is 14.4 Å². The van der Waals surface area contributed by atoms with Crippen LogP contribution in [0.2, 0.25) is 0 Å². The molecule has 3 heterocycles. The second kappa shape index (κ2) is 9.22. The molecule has 1 aliphatic rings. The van der Waals surface area contributed by atoms with Crippen molar-refractivity contribution in [3.05, 3.63) is 72.1 Å². The van der Waals surface area contributed by atoms with Gasteiger partial charge in [0.2, 0.25) is 5.91 Å². The SMILES string of the molecule is Cc1ccc(NC(=O)[C@H]2CN(CC(F)(F)F)C[C@H]2c2ccccn2)cc1-c1ncc(F)cn1. The number of benzene rings is 1. The van der Waals surface area contributed by atoms with Gasteiger partial charge in [0.1, 0.15) is 0 Å². The number of carbonyl (C=O) groups is 1. The van der Waals surface area contributed by atoms with E-state index >= 15 is 0 Å². The lowest BCUT2D eigenvalue weighted by Crippen LogP contribution is -2.34. The molecule has 0 radical (unpaired) electrons. The van der Waals surface area contributed by atoms with Gasteiger partial charge in [0.25, 0.3) is 0 Å². The minimum Gasteiger partial charge on any atom is -0.326 e. The number of nitrogens with zero attached hydrogens (tertiary/aromatic N) is 4. The quantitative estimate of drug-likeness (QED) is 0.579. The number of likely N-dealkylation sites (tertiary alicyclic amines) is 1. The highest BCUT2D eigenvalue weighted by Gasteiger charge is 2.43. The fourth-order valence-electron chi connectivity index (χ4n) is 4.06. The number of pyridine rings is 1. The van der Waals surface area contributed by atoms with Gasteiger partial charge in [-0.2, -0.15) is 13.2 Å². The van der Waals surface area contributed by atoms with Crippen molar-refractivity contribution in [2.24, 2.45) is 5.92 Å². The first-order valence-corrected chi connectivity index (χ1v) is 10.3. The lowest BCUT2D eigenvalue weighted by Gasteiger charge is -2.18. The molecule has 0 unspecified atom stereocenters. The number of alkyl halides is 3. The number of anilines is 1. The topological polar surface area (TPSA) is 71.0 Å². The molecule has 0 bridgehead atoms. The average Bonchev–Trinajstić information content (AvgIpc) is 3.18. The van der Waals surface area contributed by atoms with Crippen LogP contribution in [0.5, 0.6) is 0 Å².